The number of hydrazine groups is 1. The second kappa shape index (κ2) is 8.14. The van der Waals surface area contributed by atoms with E-state index in [1.807, 2.05) is 6.92 Å². The molecule has 0 saturated heterocycles. The molecule has 0 radical (unpaired) electrons. The number of methoxy groups -OCH3 is 1. The van der Waals surface area contributed by atoms with E-state index in [0.717, 1.165) is 5.56 Å². The highest BCUT2D eigenvalue weighted by atomic mass is 19.1. The van der Waals surface area contributed by atoms with Crippen LogP contribution in [0.15, 0.2) is 42.5 Å². The molecule has 0 bridgehead atoms. The van der Waals surface area contributed by atoms with E-state index in [0.29, 0.717) is 17.1 Å². The van der Waals surface area contributed by atoms with Crippen LogP contribution in [0.5, 0.6) is 11.5 Å². The Balaban J connectivity index is 1.90. The maximum atomic E-state index is 12.8. The van der Waals surface area contributed by atoms with Crippen LogP contribution in [-0.4, -0.2) is 25.0 Å². The molecule has 2 rings (SSSR count). The molecule has 2 amide bonds. The van der Waals surface area contributed by atoms with Crippen molar-refractivity contribution in [3.63, 3.8) is 0 Å². The van der Waals surface area contributed by atoms with Gasteiger partial charge in [0.1, 0.15) is 17.3 Å². The first kappa shape index (κ1) is 18.3. The van der Waals surface area contributed by atoms with Gasteiger partial charge < -0.3 is 9.47 Å². The number of amides is 2. The fourth-order valence-electron chi connectivity index (χ4n) is 2.02. The number of carbonyl (C=O) groups excluding carboxylic acids is 2. The molecule has 7 heteroatoms. The lowest BCUT2D eigenvalue weighted by Crippen LogP contribution is -2.47. The van der Waals surface area contributed by atoms with Crippen molar-refractivity contribution in [3.8, 4) is 11.5 Å². The minimum Gasteiger partial charge on any atom is -0.496 e. The summed E-state index contributed by atoms with van der Waals surface area (Å²) < 4.78 is 23.4. The highest BCUT2D eigenvalue weighted by Crippen LogP contribution is 2.18. The van der Waals surface area contributed by atoms with Gasteiger partial charge >= 0.3 is 0 Å². The standard InChI is InChI=1S/C18H19FN2O4/c1-11-4-5-13(10-16(11)24-3)18(23)21-20-17(22)12(2)25-15-8-6-14(19)7-9-15/h4-10,12H,1-3H3,(H,20,22)(H,21,23). The zero-order valence-electron chi connectivity index (χ0n) is 14.1. The zero-order valence-corrected chi connectivity index (χ0v) is 14.1. The van der Waals surface area contributed by atoms with E-state index in [-0.39, 0.29) is 0 Å². The van der Waals surface area contributed by atoms with E-state index in [2.05, 4.69) is 10.9 Å². The minimum atomic E-state index is -0.877. The summed E-state index contributed by atoms with van der Waals surface area (Å²) in [5.41, 5.74) is 5.83. The molecule has 132 valence electrons. The van der Waals surface area contributed by atoms with Gasteiger partial charge in [-0.05, 0) is 55.8 Å². The zero-order chi connectivity index (χ0) is 18.4. The van der Waals surface area contributed by atoms with Crippen molar-refractivity contribution in [2.24, 2.45) is 0 Å². The maximum Gasteiger partial charge on any atom is 0.279 e. The van der Waals surface area contributed by atoms with E-state index < -0.39 is 23.7 Å². The average molecular weight is 346 g/mol. The lowest BCUT2D eigenvalue weighted by molar-refractivity contribution is -0.128. The van der Waals surface area contributed by atoms with Crippen LogP contribution in [-0.2, 0) is 4.79 Å². The molecule has 2 N–H and O–H groups in total. The summed E-state index contributed by atoms with van der Waals surface area (Å²) in [5.74, 6) is -0.506. The first-order valence-corrected chi connectivity index (χ1v) is 7.57. The van der Waals surface area contributed by atoms with Crippen LogP contribution < -0.4 is 20.3 Å². The third-order valence-corrected chi connectivity index (χ3v) is 3.47. The topological polar surface area (TPSA) is 76.7 Å². The Bertz CT molecular complexity index is 762. The summed E-state index contributed by atoms with van der Waals surface area (Å²) in [6.07, 6.45) is -0.877. The molecule has 0 aliphatic carbocycles. The number of benzene rings is 2. The second-order valence-electron chi connectivity index (χ2n) is 5.34. The average Bonchev–Trinajstić information content (AvgIpc) is 2.61. The van der Waals surface area contributed by atoms with E-state index in [9.17, 15) is 14.0 Å². The molecule has 0 spiro atoms. The highest BCUT2D eigenvalue weighted by molar-refractivity contribution is 5.96. The van der Waals surface area contributed by atoms with E-state index in [1.165, 1.54) is 38.3 Å². The van der Waals surface area contributed by atoms with Gasteiger partial charge in [0.25, 0.3) is 11.8 Å². The van der Waals surface area contributed by atoms with Crippen LogP contribution in [0.1, 0.15) is 22.8 Å². The van der Waals surface area contributed by atoms with Crippen molar-refractivity contribution < 1.29 is 23.5 Å². The molecule has 0 aliphatic rings. The fourth-order valence-corrected chi connectivity index (χ4v) is 2.02. The summed E-state index contributed by atoms with van der Waals surface area (Å²) in [7, 11) is 1.51. The van der Waals surface area contributed by atoms with E-state index >= 15 is 0 Å². The first-order valence-electron chi connectivity index (χ1n) is 7.57. The number of halogens is 1. The predicted molar refractivity (Wildman–Crippen MR) is 89.8 cm³/mol. The number of ether oxygens (including phenoxy) is 2. The number of hydrogen-bond donors (Lipinski definition) is 2. The quantitative estimate of drug-likeness (QED) is 0.815. The Morgan fingerprint density at radius 2 is 1.76 bits per heavy atom. The molecule has 25 heavy (non-hydrogen) atoms. The van der Waals surface area contributed by atoms with Crippen molar-refractivity contribution in [2.75, 3.05) is 7.11 Å². The molecule has 0 fully saturated rings. The summed E-state index contributed by atoms with van der Waals surface area (Å²) in [6, 6.07) is 10.2. The van der Waals surface area contributed by atoms with Crippen molar-refractivity contribution in [3.05, 3.63) is 59.4 Å². The summed E-state index contributed by atoms with van der Waals surface area (Å²) in [4.78, 5) is 24.1. The number of hydrogen-bond acceptors (Lipinski definition) is 4. The number of rotatable bonds is 5. The maximum absolute atomic E-state index is 12.8. The lowest BCUT2D eigenvalue weighted by Gasteiger charge is -2.15. The highest BCUT2D eigenvalue weighted by Gasteiger charge is 2.16. The lowest BCUT2D eigenvalue weighted by atomic mass is 10.1. The van der Waals surface area contributed by atoms with Crippen LogP contribution in [0.2, 0.25) is 0 Å². The summed E-state index contributed by atoms with van der Waals surface area (Å²) >= 11 is 0. The number of nitrogens with one attached hydrogen (secondary N) is 2. The minimum absolute atomic E-state index is 0.342. The summed E-state index contributed by atoms with van der Waals surface area (Å²) in [6.45, 7) is 3.37. The first-order chi connectivity index (χ1) is 11.9. The molecule has 0 aromatic heterocycles. The largest absolute Gasteiger partial charge is 0.496 e. The van der Waals surface area contributed by atoms with Crippen LogP contribution in [0.25, 0.3) is 0 Å². The Hall–Kier alpha value is -3.09. The second-order valence-corrected chi connectivity index (χ2v) is 5.34. The number of carbonyl (C=O) groups is 2. The van der Waals surface area contributed by atoms with E-state index in [1.54, 1.807) is 18.2 Å². The molecular formula is C18H19FN2O4. The van der Waals surface area contributed by atoms with Crippen LogP contribution in [0.3, 0.4) is 0 Å². The Morgan fingerprint density at radius 3 is 2.40 bits per heavy atom. The van der Waals surface area contributed by atoms with Gasteiger partial charge in [-0.2, -0.15) is 0 Å². The van der Waals surface area contributed by atoms with Gasteiger partial charge in [-0.25, -0.2) is 4.39 Å². The molecule has 0 heterocycles. The van der Waals surface area contributed by atoms with Crippen molar-refractivity contribution >= 4 is 11.8 Å². The fraction of sp³-hybridized carbons (Fsp3) is 0.222. The molecular weight excluding hydrogens is 327 g/mol. The van der Waals surface area contributed by atoms with Gasteiger partial charge in [0, 0.05) is 5.56 Å². The third kappa shape index (κ3) is 4.94. The molecule has 1 unspecified atom stereocenters. The number of aryl methyl sites for hydroxylation is 1. The Morgan fingerprint density at radius 1 is 1.08 bits per heavy atom. The third-order valence-electron chi connectivity index (χ3n) is 3.47. The van der Waals surface area contributed by atoms with Crippen LogP contribution in [0, 0.1) is 12.7 Å². The molecule has 6 nitrogen and oxygen atoms in total. The molecule has 0 aliphatic heterocycles. The van der Waals surface area contributed by atoms with Crippen molar-refractivity contribution in [1.29, 1.82) is 0 Å². The normalized spacial score (nSPS) is 11.4. The van der Waals surface area contributed by atoms with Crippen LogP contribution in [0.4, 0.5) is 4.39 Å². The molecule has 2 aromatic carbocycles. The smallest absolute Gasteiger partial charge is 0.279 e. The van der Waals surface area contributed by atoms with Gasteiger partial charge in [-0.1, -0.05) is 6.07 Å². The molecule has 1 atom stereocenters. The van der Waals surface area contributed by atoms with Gasteiger partial charge in [0.15, 0.2) is 6.10 Å². The SMILES string of the molecule is COc1cc(C(=O)NNC(=O)C(C)Oc2ccc(F)cc2)ccc1C. The molecule has 2 aromatic rings. The van der Waals surface area contributed by atoms with Gasteiger partial charge in [-0.3, -0.25) is 20.4 Å². The van der Waals surface area contributed by atoms with Gasteiger partial charge in [-0.15, -0.1) is 0 Å². The summed E-state index contributed by atoms with van der Waals surface area (Å²) in [5, 5.41) is 0. The van der Waals surface area contributed by atoms with Crippen LogP contribution >= 0.6 is 0 Å². The predicted octanol–water partition coefficient (Wildman–Crippen LogP) is 2.37. The van der Waals surface area contributed by atoms with E-state index in [4.69, 9.17) is 9.47 Å². The monoisotopic (exact) mass is 346 g/mol. The Kier molecular flexibility index (Phi) is 5.94. The Labute approximate surface area is 144 Å². The van der Waals surface area contributed by atoms with Gasteiger partial charge in [0.05, 0.1) is 7.11 Å². The van der Waals surface area contributed by atoms with Crippen molar-refractivity contribution in [1.82, 2.24) is 10.9 Å². The van der Waals surface area contributed by atoms with Gasteiger partial charge in [0.2, 0.25) is 0 Å². The molecule has 0 saturated carbocycles. The van der Waals surface area contributed by atoms with Crippen molar-refractivity contribution in [2.45, 2.75) is 20.0 Å².